The SMILES string of the molecule is CC(C)(C)Nc1cnc(C(=O)N2CCC3(CC2)OCCO3)cn1. The van der Waals surface area contributed by atoms with Crippen LogP contribution in [0, 0.1) is 0 Å². The summed E-state index contributed by atoms with van der Waals surface area (Å²) >= 11 is 0. The first-order chi connectivity index (χ1) is 10.9. The number of piperidine rings is 1. The van der Waals surface area contributed by atoms with Crippen molar-refractivity contribution in [2.75, 3.05) is 31.6 Å². The molecule has 2 fully saturated rings. The van der Waals surface area contributed by atoms with Gasteiger partial charge in [0.1, 0.15) is 11.5 Å². The summed E-state index contributed by atoms with van der Waals surface area (Å²) in [7, 11) is 0. The van der Waals surface area contributed by atoms with Gasteiger partial charge in [-0.25, -0.2) is 9.97 Å². The summed E-state index contributed by atoms with van der Waals surface area (Å²) in [6.45, 7) is 8.65. The van der Waals surface area contributed by atoms with Crippen molar-refractivity contribution >= 4 is 11.7 Å². The molecule has 2 saturated heterocycles. The van der Waals surface area contributed by atoms with Crippen molar-refractivity contribution in [1.82, 2.24) is 14.9 Å². The number of carbonyl (C=O) groups excluding carboxylic acids is 1. The van der Waals surface area contributed by atoms with Crippen LogP contribution in [0.2, 0.25) is 0 Å². The smallest absolute Gasteiger partial charge is 0.274 e. The third kappa shape index (κ3) is 3.79. The summed E-state index contributed by atoms with van der Waals surface area (Å²) in [5, 5.41) is 3.23. The van der Waals surface area contributed by atoms with Gasteiger partial charge in [0.15, 0.2) is 5.79 Å². The minimum Gasteiger partial charge on any atom is -0.364 e. The zero-order valence-electron chi connectivity index (χ0n) is 14.0. The van der Waals surface area contributed by atoms with Gasteiger partial charge in [-0.3, -0.25) is 4.79 Å². The Hall–Kier alpha value is -1.73. The Labute approximate surface area is 136 Å². The zero-order chi connectivity index (χ0) is 16.5. The molecule has 1 N–H and O–H groups in total. The highest BCUT2D eigenvalue weighted by atomic mass is 16.7. The number of anilines is 1. The monoisotopic (exact) mass is 320 g/mol. The fraction of sp³-hybridized carbons (Fsp3) is 0.688. The fourth-order valence-electron chi connectivity index (χ4n) is 2.89. The normalized spacial score (nSPS) is 20.7. The van der Waals surface area contributed by atoms with Gasteiger partial charge in [-0.05, 0) is 20.8 Å². The molecule has 23 heavy (non-hydrogen) atoms. The number of nitrogens with one attached hydrogen (secondary N) is 1. The summed E-state index contributed by atoms with van der Waals surface area (Å²) in [5.74, 6) is 0.107. The lowest BCUT2D eigenvalue weighted by atomic mass is 10.0. The van der Waals surface area contributed by atoms with Gasteiger partial charge in [-0.15, -0.1) is 0 Å². The number of rotatable bonds is 2. The molecule has 0 saturated carbocycles. The molecule has 0 bridgehead atoms. The molecule has 1 spiro atoms. The second-order valence-electron chi connectivity index (χ2n) is 7.06. The highest BCUT2D eigenvalue weighted by Crippen LogP contribution is 2.31. The summed E-state index contributed by atoms with van der Waals surface area (Å²) < 4.78 is 11.4. The van der Waals surface area contributed by atoms with Crippen LogP contribution < -0.4 is 5.32 Å². The lowest BCUT2D eigenvalue weighted by Crippen LogP contribution is -2.47. The second kappa shape index (κ2) is 6.05. The molecule has 7 heteroatoms. The van der Waals surface area contributed by atoms with E-state index in [0.29, 0.717) is 50.7 Å². The van der Waals surface area contributed by atoms with Crippen molar-refractivity contribution in [2.24, 2.45) is 0 Å². The Morgan fingerprint density at radius 3 is 2.35 bits per heavy atom. The van der Waals surface area contributed by atoms with Crippen LogP contribution in [0.3, 0.4) is 0 Å². The highest BCUT2D eigenvalue weighted by Gasteiger charge is 2.41. The maximum atomic E-state index is 12.5. The van der Waals surface area contributed by atoms with Crippen LogP contribution in [-0.2, 0) is 9.47 Å². The molecule has 3 rings (SSSR count). The number of likely N-dealkylation sites (tertiary alicyclic amines) is 1. The molecule has 3 heterocycles. The topological polar surface area (TPSA) is 76.6 Å². The average molecular weight is 320 g/mol. The third-order valence-electron chi connectivity index (χ3n) is 4.00. The first-order valence-electron chi connectivity index (χ1n) is 8.04. The lowest BCUT2D eigenvalue weighted by Gasteiger charge is -2.37. The second-order valence-corrected chi connectivity index (χ2v) is 7.06. The largest absolute Gasteiger partial charge is 0.364 e. The summed E-state index contributed by atoms with van der Waals surface area (Å²) in [4.78, 5) is 22.8. The van der Waals surface area contributed by atoms with Crippen LogP contribution in [0.5, 0.6) is 0 Å². The molecular weight excluding hydrogens is 296 g/mol. The molecule has 1 aromatic rings. The van der Waals surface area contributed by atoms with Crippen molar-refractivity contribution in [3.8, 4) is 0 Å². The van der Waals surface area contributed by atoms with Crippen molar-refractivity contribution in [1.29, 1.82) is 0 Å². The number of hydrogen-bond acceptors (Lipinski definition) is 6. The number of carbonyl (C=O) groups is 1. The van der Waals surface area contributed by atoms with Crippen LogP contribution in [0.4, 0.5) is 5.82 Å². The van der Waals surface area contributed by atoms with Gasteiger partial charge in [0.05, 0.1) is 25.6 Å². The standard InChI is InChI=1S/C16H24N4O3/c1-15(2,3)19-13-11-17-12(10-18-13)14(21)20-6-4-16(5-7-20)22-8-9-23-16/h10-11H,4-9H2,1-3H3,(H,18,19). The van der Waals surface area contributed by atoms with Crippen molar-refractivity contribution in [3.63, 3.8) is 0 Å². The van der Waals surface area contributed by atoms with Gasteiger partial charge >= 0.3 is 0 Å². The van der Waals surface area contributed by atoms with Gasteiger partial charge in [-0.2, -0.15) is 0 Å². The van der Waals surface area contributed by atoms with E-state index in [0.717, 1.165) is 0 Å². The molecule has 126 valence electrons. The van der Waals surface area contributed by atoms with E-state index in [1.807, 2.05) is 20.8 Å². The number of nitrogens with zero attached hydrogens (tertiary/aromatic N) is 3. The first-order valence-corrected chi connectivity index (χ1v) is 8.04. The van der Waals surface area contributed by atoms with Crippen LogP contribution in [0.25, 0.3) is 0 Å². The Morgan fingerprint density at radius 1 is 1.17 bits per heavy atom. The first kappa shape index (κ1) is 16.1. The minimum atomic E-state index is -0.469. The predicted molar refractivity (Wildman–Crippen MR) is 85.2 cm³/mol. The van der Waals surface area contributed by atoms with E-state index in [2.05, 4.69) is 15.3 Å². The highest BCUT2D eigenvalue weighted by molar-refractivity contribution is 5.92. The average Bonchev–Trinajstić information content (AvgIpc) is 2.95. The summed E-state index contributed by atoms with van der Waals surface area (Å²) in [5.41, 5.74) is 0.275. The molecule has 0 unspecified atom stereocenters. The molecule has 0 radical (unpaired) electrons. The molecule has 0 atom stereocenters. The number of hydrogen-bond donors (Lipinski definition) is 1. The van der Waals surface area contributed by atoms with Crippen molar-refractivity contribution in [2.45, 2.75) is 44.9 Å². The van der Waals surface area contributed by atoms with E-state index in [1.54, 1.807) is 11.1 Å². The lowest BCUT2D eigenvalue weighted by molar-refractivity contribution is -0.181. The van der Waals surface area contributed by atoms with Crippen LogP contribution in [0.15, 0.2) is 12.4 Å². The molecule has 1 amide bonds. The molecule has 0 aliphatic carbocycles. The number of ether oxygens (including phenoxy) is 2. The number of aromatic nitrogens is 2. The van der Waals surface area contributed by atoms with Crippen molar-refractivity contribution < 1.29 is 14.3 Å². The fourth-order valence-corrected chi connectivity index (χ4v) is 2.89. The van der Waals surface area contributed by atoms with E-state index in [1.165, 1.54) is 6.20 Å². The van der Waals surface area contributed by atoms with E-state index >= 15 is 0 Å². The Bertz CT molecular complexity index is 552. The van der Waals surface area contributed by atoms with Gasteiger partial charge in [0.2, 0.25) is 0 Å². The zero-order valence-corrected chi connectivity index (χ0v) is 14.0. The van der Waals surface area contributed by atoms with Crippen LogP contribution in [-0.4, -0.2) is 58.4 Å². The summed E-state index contributed by atoms with van der Waals surface area (Å²) in [6.07, 6.45) is 4.54. The van der Waals surface area contributed by atoms with Gasteiger partial charge in [-0.1, -0.05) is 0 Å². The molecule has 2 aliphatic heterocycles. The Balaban J connectivity index is 1.60. The van der Waals surface area contributed by atoms with Gasteiger partial charge in [0, 0.05) is 31.5 Å². The van der Waals surface area contributed by atoms with Crippen molar-refractivity contribution in [3.05, 3.63) is 18.1 Å². The van der Waals surface area contributed by atoms with Crippen LogP contribution >= 0.6 is 0 Å². The molecule has 1 aromatic heterocycles. The third-order valence-corrected chi connectivity index (χ3v) is 4.00. The molecule has 0 aromatic carbocycles. The van der Waals surface area contributed by atoms with Gasteiger partial charge < -0.3 is 19.7 Å². The van der Waals surface area contributed by atoms with E-state index in [4.69, 9.17) is 9.47 Å². The summed E-state index contributed by atoms with van der Waals surface area (Å²) in [6, 6.07) is 0. The Kier molecular flexibility index (Phi) is 4.25. The molecular formula is C16H24N4O3. The van der Waals surface area contributed by atoms with E-state index in [9.17, 15) is 4.79 Å². The predicted octanol–water partition coefficient (Wildman–Crippen LogP) is 1.67. The maximum absolute atomic E-state index is 12.5. The molecule has 2 aliphatic rings. The number of amides is 1. The van der Waals surface area contributed by atoms with E-state index in [-0.39, 0.29) is 11.4 Å². The Morgan fingerprint density at radius 2 is 1.83 bits per heavy atom. The van der Waals surface area contributed by atoms with Gasteiger partial charge in [0.25, 0.3) is 5.91 Å². The minimum absolute atomic E-state index is 0.0901. The van der Waals surface area contributed by atoms with Crippen LogP contribution in [0.1, 0.15) is 44.1 Å². The quantitative estimate of drug-likeness (QED) is 0.893. The molecule has 7 nitrogen and oxygen atoms in total. The van der Waals surface area contributed by atoms with E-state index < -0.39 is 5.79 Å². The maximum Gasteiger partial charge on any atom is 0.274 e.